The summed E-state index contributed by atoms with van der Waals surface area (Å²) in [7, 11) is 0. The quantitative estimate of drug-likeness (QED) is 0.345. The monoisotopic (exact) mass is 96.1 g/mol. The first kappa shape index (κ1) is 10.1. The van der Waals surface area contributed by atoms with Crippen molar-refractivity contribution in [3.8, 4) is 0 Å². The summed E-state index contributed by atoms with van der Waals surface area (Å²) in [5.41, 5.74) is 0.500. The third-order valence-electron chi connectivity index (χ3n) is 0. The van der Waals surface area contributed by atoms with Crippen molar-refractivity contribution in [2.24, 2.45) is 5.41 Å². The molecular weight excluding hydrogens is 83.0 g/mol. The molecule has 0 aromatic rings. The summed E-state index contributed by atoms with van der Waals surface area (Å²) in [6.07, 6.45) is 0. The third kappa shape index (κ3) is 80.0. The van der Waals surface area contributed by atoms with Gasteiger partial charge in [-0.1, -0.05) is 27.7 Å². The molecule has 0 unspecified atom stereocenters. The van der Waals surface area contributed by atoms with Gasteiger partial charge in [-0.15, -0.1) is 0 Å². The van der Waals surface area contributed by atoms with Gasteiger partial charge in [0.15, 0.2) is 0 Å². The Labute approximate surface area is 64.1 Å². The van der Waals surface area contributed by atoms with Gasteiger partial charge in [0.1, 0.15) is 0 Å². The van der Waals surface area contributed by atoms with Crippen LogP contribution in [0.4, 0.5) is 0 Å². The van der Waals surface area contributed by atoms with Crippen molar-refractivity contribution in [3.05, 3.63) is 0 Å². The topological polar surface area (TPSA) is 0 Å². The minimum absolute atomic E-state index is 0. The van der Waals surface area contributed by atoms with E-state index in [1.54, 1.807) is 0 Å². The SMILES string of the molecule is CC(C)(C)C.[H-].[Na+]. The van der Waals surface area contributed by atoms with Gasteiger partial charge >= 0.3 is 29.6 Å². The van der Waals surface area contributed by atoms with E-state index in [1.807, 2.05) is 0 Å². The van der Waals surface area contributed by atoms with E-state index >= 15 is 0 Å². The summed E-state index contributed by atoms with van der Waals surface area (Å²) in [5, 5.41) is 0. The van der Waals surface area contributed by atoms with E-state index in [0.717, 1.165) is 0 Å². The summed E-state index contributed by atoms with van der Waals surface area (Å²) >= 11 is 0. The zero-order valence-corrected chi connectivity index (χ0v) is 7.50. The Bertz CT molecular complexity index is 23.6. The van der Waals surface area contributed by atoms with Crippen molar-refractivity contribution in [1.29, 1.82) is 0 Å². The standard InChI is InChI=1S/C5H12.Na.H/c1-5(2,3)4;;/h1-4H3;;/q;+1;-1. The molecule has 0 aliphatic carbocycles. The Balaban J connectivity index is -0.0000000800. The molecule has 34 valence electrons. The molecule has 0 aliphatic heterocycles. The van der Waals surface area contributed by atoms with Gasteiger partial charge in [0.05, 0.1) is 0 Å². The van der Waals surface area contributed by atoms with Crippen LogP contribution in [0.15, 0.2) is 0 Å². The van der Waals surface area contributed by atoms with E-state index in [1.165, 1.54) is 0 Å². The predicted octanol–water partition coefficient (Wildman–Crippen LogP) is -0.831. The molecule has 0 saturated heterocycles. The molecule has 0 aromatic heterocycles. The average Bonchev–Trinajstić information content (AvgIpc) is 0.722. The van der Waals surface area contributed by atoms with Gasteiger partial charge < -0.3 is 1.43 Å². The predicted molar refractivity (Wildman–Crippen MR) is 26.2 cm³/mol. The van der Waals surface area contributed by atoms with E-state index in [0.29, 0.717) is 5.41 Å². The molecule has 0 N–H and O–H groups in total. The average molecular weight is 96.1 g/mol. The minimum Gasteiger partial charge on any atom is -1.00 e. The maximum absolute atomic E-state index is 2.19. The van der Waals surface area contributed by atoms with Crippen LogP contribution in [-0.2, 0) is 0 Å². The summed E-state index contributed by atoms with van der Waals surface area (Å²) in [6.45, 7) is 8.75. The van der Waals surface area contributed by atoms with Gasteiger partial charge in [-0.25, -0.2) is 0 Å². The molecule has 0 saturated carbocycles. The molecule has 0 aromatic carbocycles. The summed E-state index contributed by atoms with van der Waals surface area (Å²) in [6, 6.07) is 0. The maximum atomic E-state index is 2.19. The minimum atomic E-state index is 0. The molecule has 0 spiro atoms. The van der Waals surface area contributed by atoms with Crippen LogP contribution in [0.1, 0.15) is 29.1 Å². The largest absolute Gasteiger partial charge is 1.00 e. The number of rotatable bonds is 0. The van der Waals surface area contributed by atoms with Crippen LogP contribution >= 0.6 is 0 Å². The maximum Gasteiger partial charge on any atom is 1.00 e. The van der Waals surface area contributed by atoms with E-state index in [4.69, 9.17) is 0 Å². The molecule has 0 aliphatic rings. The second kappa shape index (κ2) is 3.06. The van der Waals surface area contributed by atoms with Crippen molar-refractivity contribution in [1.82, 2.24) is 0 Å². The van der Waals surface area contributed by atoms with Gasteiger partial charge in [-0.2, -0.15) is 0 Å². The third-order valence-corrected chi connectivity index (χ3v) is 0. The zero-order chi connectivity index (χ0) is 4.50. The first-order chi connectivity index (χ1) is 2.00. The van der Waals surface area contributed by atoms with Gasteiger partial charge in [-0.3, -0.25) is 0 Å². The van der Waals surface area contributed by atoms with Crippen LogP contribution in [0.3, 0.4) is 0 Å². The Kier molecular flexibility index (Phi) is 5.14. The molecule has 1 heteroatoms. The van der Waals surface area contributed by atoms with Crippen molar-refractivity contribution in [2.45, 2.75) is 27.7 Å². The molecule has 0 radical (unpaired) electrons. The van der Waals surface area contributed by atoms with Gasteiger partial charge in [-0.05, 0) is 5.41 Å². The second-order valence-corrected chi connectivity index (χ2v) is 3.00. The van der Waals surface area contributed by atoms with Crippen LogP contribution < -0.4 is 29.6 Å². The van der Waals surface area contributed by atoms with E-state index < -0.39 is 0 Å². The van der Waals surface area contributed by atoms with Crippen LogP contribution in [-0.4, -0.2) is 0 Å². The van der Waals surface area contributed by atoms with E-state index in [-0.39, 0.29) is 31.0 Å². The van der Waals surface area contributed by atoms with Crippen molar-refractivity contribution >= 4 is 0 Å². The molecule has 0 nitrogen and oxygen atoms in total. The van der Waals surface area contributed by atoms with Crippen LogP contribution in [0, 0.1) is 5.41 Å². The second-order valence-electron chi connectivity index (χ2n) is 3.00. The van der Waals surface area contributed by atoms with E-state index in [2.05, 4.69) is 27.7 Å². The van der Waals surface area contributed by atoms with Crippen molar-refractivity contribution in [3.63, 3.8) is 0 Å². The van der Waals surface area contributed by atoms with Crippen LogP contribution in [0.2, 0.25) is 0 Å². The van der Waals surface area contributed by atoms with Crippen LogP contribution in [0.5, 0.6) is 0 Å². The Morgan fingerprint density at radius 3 is 1.00 bits per heavy atom. The first-order valence-electron chi connectivity index (χ1n) is 2.00. The van der Waals surface area contributed by atoms with Gasteiger partial charge in [0.2, 0.25) is 0 Å². The van der Waals surface area contributed by atoms with Crippen molar-refractivity contribution < 1.29 is 31.0 Å². The molecule has 0 heterocycles. The van der Waals surface area contributed by atoms with Crippen molar-refractivity contribution in [2.75, 3.05) is 0 Å². The molecule has 0 rings (SSSR count). The Morgan fingerprint density at radius 1 is 1.00 bits per heavy atom. The molecule has 0 amide bonds. The fraction of sp³-hybridized carbons (Fsp3) is 1.00. The molecule has 0 bridgehead atoms. The Hall–Kier alpha value is 1.00. The van der Waals surface area contributed by atoms with E-state index in [9.17, 15) is 0 Å². The molecule has 0 fully saturated rings. The Morgan fingerprint density at radius 2 is 1.00 bits per heavy atom. The zero-order valence-electron chi connectivity index (χ0n) is 6.50. The summed E-state index contributed by atoms with van der Waals surface area (Å²) in [4.78, 5) is 0. The van der Waals surface area contributed by atoms with Gasteiger partial charge in [0.25, 0.3) is 0 Å². The molecule has 0 atom stereocenters. The molecular formula is C5H13Na. The van der Waals surface area contributed by atoms with Gasteiger partial charge in [0, 0.05) is 0 Å². The van der Waals surface area contributed by atoms with Crippen LogP contribution in [0.25, 0.3) is 0 Å². The normalized spacial score (nSPS) is 10.0. The molecule has 6 heavy (non-hydrogen) atoms. The fourth-order valence-corrected chi connectivity index (χ4v) is 0. The smallest absolute Gasteiger partial charge is 1.00 e. The number of hydrogen-bond donors (Lipinski definition) is 0. The number of hydrogen-bond acceptors (Lipinski definition) is 0. The fourth-order valence-electron chi connectivity index (χ4n) is 0. The summed E-state index contributed by atoms with van der Waals surface area (Å²) < 4.78 is 0. The summed E-state index contributed by atoms with van der Waals surface area (Å²) in [5.74, 6) is 0. The first-order valence-corrected chi connectivity index (χ1v) is 2.00.